The Morgan fingerprint density at radius 3 is 3.06 bits per heavy atom. The third-order valence-corrected chi connectivity index (χ3v) is 3.21. The van der Waals surface area contributed by atoms with Crippen LogP contribution < -0.4 is 5.73 Å². The molecule has 1 aliphatic carbocycles. The van der Waals surface area contributed by atoms with Gasteiger partial charge in [0.25, 0.3) is 0 Å². The molecule has 0 unspecified atom stereocenters. The molecule has 0 fully saturated rings. The van der Waals surface area contributed by atoms with E-state index in [0.29, 0.717) is 11.4 Å². The van der Waals surface area contributed by atoms with Crippen molar-refractivity contribution < 1.29 is 9.52 Å². The summed E-state index contributed by atoms with van der Waals surface area (Å²) in [5.74, 6) is 0.828. The van der Waals surface area contributed by atoms with Crippen molar-refractivity contribution in [3.8, 4) is 0 Å². The van der Waals surface area contributed by atoms with E-state index in [1.165, 1.54) is 6.33 Å². The predicted molar refractivity (Wildman–Crippen MR) is 63.3 cm³/mol. The second-order valence-corrected chi connectivity index (χ2v) is 4.30. The highest BCUT2D eigenvalue weighted by Crippen LogP contribution is 2.36. The van der Waals surface area contributed by atoms with E-state index in [2.05, 4.69) is 16.0 Å². The van der Waals surface area contributed by atoms with Crippen LogP contribution >= 0.6 is 0 Å². The summed E-state index contributed by atoms with van der Waals surface area (Å²) in [6, 6.07) is 0. The zero-order chi connectivity index (χ0) is 11.8. The number of anilines is 1. The minimum Gasteiger partial charge on any atom is -0.458 e. The van der Waals surface area contributed by atoms with E-state index in [-0.39, 0.29) is 18.4 Å². The number of rotatable bonds is 2. The number of aromatic nitrogens is 2. The summed E-state index contributed by atoms with van der Waals surface area (Å²) in [7, 11) is 0. The fraction of sp³-hybridized carbons (Fsp3) is 0.333. The molecule has 0 aromatic carbocycles. The molecule has 3 N–H and O–H groups in total. The number of allylic oxidation sites excluding steroid dienone is 1. The molecule has 88 valence electrons. The van der Waals surface area contributed by atoms with Gasteiger partial charge in [-0.1, -0.05) is 12.2 Å². The molecule has 5 nitrogen and oxygen atoms in total. The number of nitrogen functional groups attached to an aromatic ring is 1. The number of hydrogen-bond acceptors (Lipinski definition) is 5. The molecule has 0 aliphatic heterocycles. The molecule has 17 heavy (non-hydrogen) atoms. The molecular weight excluding hydrogens is 218 g/mol. The standard InChI is InChI=1S/C12H13N3O2/c13-12-11-10(14-6-15-12)9(5-17-11)8-2-1-7(3-8)4-16/h1-2,5-8,16H,3-4H2,(H2,13,14,15)/t7-,8+/m0/s1. The molecule has 0 amide bonds. The van der Waals surface area contributed by atoms with Crippen molar-refractivity contribution in [1.29, 1.82) is 0 Å². The van der Waals surface area contributed by atoms with E-state index in [0.717, 1.165) is 17.5 Å². The van der Waals surface area contributed by atoms with Crippen LogP contribution in [0.3, 0.4) is 0 Å². The molecule has 2 heterocycles. The predicted octanol–water partition coefficient (Wildman–Crippen LogP) is 1.46. The Hall–Kier alpha value is -1.88. The van der Waals surface area contributed by atoms with Gasteiger partial charge in [0.15, 0.2) is 11.4 Å². The lowest BCUT2D eigenvalue weighted by molar-refractivity contribution is 0.249. The van der Waals surface area contributed by atoms with Crippen LogP contribution in [0.15, 0.2) is 29.2 Å². The number of nitrogens with zero attached hydrogens (tertiary/aromatic N) is 2. The average Bonchev–Trinajstić information content (AvgIpc) is 2.94. The average molecular weight is 231 g/mol. The summed E-state index contributed by atoms with van der Waals surface area (Å²) in [5.41, 5.74) is 8.05. The Labute approximate surface area is 98.0 Å². The van der Waals surface area contributed by atoms with Gasteiger partial charge in [0.1, 0.15) is 11.8 Å². The third kappa shape index (κ3) is 1.59. The van der Waals surface area contributed by atoms with E-state index in [4.69, 9.17) is 15.3 Å². The normalized spacial score (nSPS) is 23.6. The monoisotopic (exact) mass is 231 g/mol. The van der Waals surface area contributed by atoms with Gasteiger partial charge in [-0.3, -0.25) is 0 Å². The molecule has 0 spiro atoms. The van der Waals surface area contributed by atoms with Gasteiger partial charge in [0.05, 0.1) is 6.26 Å². The van der Waals surface area contributed by atoms with Crippen molar-refractivity contribution >= 4 is 16.9 Å². The molecule has 1 aliphatic rings. The molecule has 2 atom stereocenters. The van der Waals surface area contributed by atoms with Crippen LogP contribution in [-0.2, 0) is 0 Å². The summed E-state index contributed by atoms with van der Waals surface area (Å²) in [6.45, 7) is 0.180. The first-order valence-corrected chi connectivity index (χ1v) is 5.56. The van der Waals surface area contributed by atoms with E-state index in [1.54, 1.807) is 6.26 Å². The zero-order valence-corrected chi connectivity index (χ0v) is 9.21. The van der Waals surface area contributed by atoms with Crippen LogP contribution in [0.1, 0.15) is 17.9 Å². The van der Waals surface area contributed by atoms with Crippen LogP contribution in [0.4, 0.5) is 5.82 Å². The number of nitrogens with two attached hydrogens (primary N) is 1. The molecule has 0 bridgehead atoms. The van der Waals surface area contributed by atoms with Crippen molar-refractivity contribution in [2.45, 2.75) is 12.3 Å². The number of hydrogen-bond donors (Lipinski definition) is 2. The lowest BCUT2D eigenvalue weighted by Crippen LogP contribution is -2.01. The fourth-order valence-electron chi connectivity index (χ4n) is 2.29. The smallest absolute Gasteiger partial charge is 0.194 e. The molecule has 0 saturated heterocycles. The van der Waals surface area contributed by atoms with Gasteiger partial charge in [0.2, 0.25) is 0 Å². The van der Waals surface area contributed by atoms with Crippen LogP contribution in [0.5, 0.6) is 0 Å². The summed E-state index contributed by atoms with van der Waals surface area (Å²) >= 11 is 0. The van der Waals surface area contributed by atoms with Crippen molar-refractivity contribution in [1.82, 2.24) is 9.97 Å². The molecule has 0 radical (unpaired) electrons. The maximum Gasteiger partial charge on any atom is 0.194 e. The lowest BCUT2D eigenvalue weighted by Gasteiger charge is -2.07. The SMILES string of the molecule is Nc1ncnc2c([C@@H]3C=C[C@H](CO)C3)coc12. The number of fused-ring (bicyclic) bond motifs is 1. The molecule has 2 aromatic rings. The molecule has 5 heteroatoms. The van der Waals surface area contributed by atoms with Gasteiger partial charge >= 0.3 is 0 Å². The van der Waals surface area contributed by atoms with E-state index < -0.39 is 0 Å². The highest BCUT2D eigenvalue weighted by Gasteiger charge is 2.24. The van der Waals surface area contributed by atoms with Crippen molar-refractivity contribution in [2.24, 2.45) is 5.92 Å². The van der Waals surface area contributed by atoms with Crippen LogP contribution in [0.2, 0.25) is 0 Å². The first-order valence-electron chi connectivity index (χ1n) is 5.56. The lowest BCUT2D eigenvalue weighted by atomic mass is 9.97. The van der Waals surface area contributed by atoms with Gasteiger partial charge in [-0.05, 0) is 6.42 Å². The van der Waals surface area contributed by atoms with Gasteiger partial charge < -0.3 is 15.3 Å². The Bertz CT molecular complexity index is 576. The summed E-state index contributed by atoms with van der Waals surface area (Å²) < 4.78 is 5.41. The maximum absolute atomic E-state index is 9.12. The number of aliphatic hydroxyl groups is 1. The summed E-state index contributed by atoms with van der Waals surface area (Å²) in [6.07, 6.45) is 8.13. The molecule has 3 rings (SSSR count). The second-order valence-electron chi connectivity index (χ2n) is 4.30. The van der Waals surface area contributed by atoms with E-state index in [9.17, 15) is 0 Å². The largest absolute Gasteiger partial charge is 0.458 e. The molecule has 2 aromatic heterocycles. The van der Waals surface area contributed by atoms with Gasteiger partial charge in [-0.15, -0.1) is 0 Å². The Kier molecular flexibility index (Phi) is 2.33. The minimum atomic E-state index is 0.180. The first-order chi connectivity index (χ1) is 8.29. The second kappa shape index (κ2) is 3.85. The molecule has 0 saturated carbocycles. The number of aliphatic hydroxyl groups excluding tert-OH is 1. The fourth-order valence-corrected chi connectivity index (χ4v) is 2.29. The van der Waals surface area contributed by atoms with Gasteiger partial charge in [-0.2, -0.15) is 0 Å². The van der Waals surface area contributed by atoms with Crippen LogP contribution in [0, 0.1) is 5.92 Å². The Morgan fingerprint density at radius 1 is 1.41 bits per heavy atom. The van der Waals surface area contributed by atoms with Gasteiger partial charge in [0, 0.05) is 24.0 Å². The summed E-state index contributed by atoms with van der Waals surface area (Å²) in [5, 5.41) is 9.12. The van der Waals surface area contributed by atoms with E-state index >= 15 is 0 Å². The van der Waals surface area contributed by atoms with Crippen molar-refractivity contribution in [2.75, 3.05) is 12.3 Å². The minimum absolute atomic E-state index is 0.180. The Morgan fingerprint density at radius 2 is 2.29 bits per heavy atom. The maximum atomic E-state index is 9.12. The zero-order valence-electron chi connectivity index (χ0n) is 9.21. The number of furan rings is 1. The highest BCUT2D eigenvalue weighted by atomic mass is 16.3. The molecular formula is C12H13N3O2. The van der Waals surface area contributed by atoms with Crippen LogP contribution in [-0.4, -0.2) is 21.7 Å². The highest BCUT2D eigenvalue weighted by molar-refractivity contribution is 5.85. The first kappa shape index (κ1) is 10.3. The quantitative estimate of drug-likeness (QED) is 0.764. The van der Waals surface area contributed by atoms with Crippen LogP contribution in [0.25, 0.3) is 11.1 Å². The topological polar surface area (TPSA) is 85.2 Å². The third-order valence-electron chi connectivity index (χ3n) is 3.21. The Balaban J connectivity index is 2.02. The summed E-state index contributed by atoms with van der Waals surface area (Å²) in [4.78, 5) is 8.11. The van der Waals surface area contributed by atoms with Crippen molar-refractivity contribution in [3.63, 3.8) is 0 Å². The van der Waals surface area contributed by atoms with E-state index in [1.807, 2.05) is 6.08 Å². The van der Waals surface area contributed by atoms with Crippen molar-refractivity contribution in [3.05, 3.63) is 30.3 Å². The van der Waals surface area contributed by atoms with Gasteiger partial charge in [-0.25, -0.2) is 9.97 Å².